The van der Waals surface area contributed by atoms with E-state index >= 15 is 0 Å². The van der Waals surface area contributed by atoms with Crippen molar-refractivity contribution < 1.29 is 14.3 Å². The van der Waals surface area contributed by atoms with Crippen LogP contribution in [0.5, 0.6) is 0 Å². The molecule has 0 saturated carbocycles. The summed E-state index contributed by atoms with van der Waals surface area (Å²) in [5.41, 5.74) is -0.606. The molecule has 3 N–H and O–H groups in total. The summed E-state index contributed by atoms with van der Waals surface area (Å²) in [6, 6.07) is 3.41. The topological polar surface area (TPSA) is 61.4 Å². The summed E-state index contributed by atoms with van der Waals surface area (Å²) in [6.07, 6.45) is 0. The van der Waals surface area contributed by atoms with Gasteiger partial charge >= 0.3 is 6.03 Å². The molecule has 1 rings (SSSR count). The average Bonchev–Trinajstić information content (AvgIpc) is 2.31. The standard InChI is InChI=1S/C13H18ClFN2O2/c1-8(2)13(3,19)7-16-12(18)17-9-4-5-11(15)10(14)6-9/h4-6,8,19H,7H2,1-3H3,(H2,16,17,18). The quantitative estimate of drug-likeness (QED) is 0.797. The van der Waals surface area contributed by atoms with Gasteiger partial charge in [0, 0.05) is 12.2 Å². The van der Waals surface area contributed by atoms with Gasteiger partial charge in [0.25, 0.3) is 0 Å². The zero-order chi connectivity index (χ0) is 14.6. The SMILES string of the molecule is CC(C)C(C)(O)CNC(=O)Nc1ccc(F)c(Cl)c1. The number of benzene rings is 1. The lowest BCUT2D eigenvalue weighted by Gasteiger charge is -2.27. The monoisotopic (exact) mass is 288 g/mol. The number of rotatable bonds is 4. The summed E-state index contributed by atoms with van der Waals surface area (Å²) in [4.78, 5) is 11.6. The zero-order valence-electron chi connectivity index (χ0n) is 11.1. The van der Waals surface area contributed by atoms with Crippen LogP contribution in [0.3, 0.4) is 0 Å². The number of hydrogen-bond donors (Lipinski definition) is 3. The third kappa shape index (κ3) is 4.69. The van der Waals surface area contributed by atoms with Gasteiger partial charge in [-0.05, 0) is 31.0 Å². The van der Waals surface area contributed by atoms with Gasteiger partial charge in [-0.25, -0.2) is 9.18 Å². The first kappa shape index (κ1) is 15.7. The second kappa shape index (κ2) is 6.21. The highest BCUT2D eigenvalue weighted by Crippen LogP contribution is 2.19. The van der Waals surface area contributed by atoms with Gasteiger partial charge in [-0.15, -0.1) is 0 Å². The first-order valence-corrected chi connectivity index (χ1v) is 6.32. The van der Waals surface area contributed by atoms with E-state index in [-0.39, 0.29) is 17.5 Å². The molecule has 0 heterocycles. The number of hydrogen-bond acceptors (Lipinski definition) is 2. The number of anilines is 1. The zero-order valence-corrected chi connectivity index (χ0v) is 11.9. The van der Waals surface area contributed by atoms with E-state index in [1.807, 2.05) is 13.8 Å². The Kier molecular flexibility index (Phi) is 5.14. The Labute approximate surface area is 117 Å². The second-order valence-corrected chi connectivity index (χ2v) is 5.36. The lowest BCUT2D eigenvalue weighted by molar-refractivity contribution is 0.0170. The van der Waals surface area contributed by atoms with Crippen molar-refractivity contribution in [2.45, 2.75) is 26.4 Å². The molecule has 0 bridgehead atoms. The molecular weight excluding hydrogens is 271 g/mol. The Hall–Kier alpha value is -1.33. The van der Waals surface area contributed by atoms with Gasteiger partial charge in [-0.1, -0.05) is 25.4 Å². The van der Waals surface area contributed by atoms with Crippen molar-refractivity contribution in [1.82, 2.24) is 5.32 Å². The fourth-order valence-corrected chi connectivity index (χ4v) is 1.39. The van der Waals surface area contributed by atoms with E-state index in [4.69, 9.17) is 11.6 Å². The van der Waals surface area contributed by atoms with Crippen LogP contribution in [-0.2, 0) is 0 Å². The fraction of sp³-hybridized carbons (Fsp3) is 0.462. The van der Waals surface area contributed by atoms with E-state index in [1.165, 1.54) is 18.2 Å². The van der Waals surface area contributed by atoms with Gasteiger partial charge in [-0.3, -0.25) is 0 Å². The van der Waals surface area contributed by atoms with E-state index in [9.17, 15) is 14.3 Å². The number of halogens is 2. The number of amides is 2. The number of aliphatic hydroxyl groups is 1. The largest absolute Gasteiger partial charge is 0.388 e. The first-order valence-electron chi connectivity index (χ1n) is 5.94. The van der Waals surface area contributed by atoms with Crippen molar-refractivity contribution in [3.05, 3.63) is 29.0 Å². The highest BCUT2D eigenvalue weighted by atomic mass is 35.5. The van der Waals surface area contributed by atoms with Crippen molar-refractivity contribution in [3.63, 3.8) is 0 Å². The number of carbonyl (C=O) groups is 1. The molecule has 0 aromatic heterocycles. The van der Waals surface area contributed by atoms with E-state index < -0.39 is 17.4 Å². The summed E-state index contributed by atoms with van der Waals surface area (Å²) in [5.74, 6) is -0.538. The molecule has 1 aromatic rings. The van der Waals surface area contributed by atoms with Gasteiger partial charge < -0.3 is 15.7 Å². The van der Waals surface area contributed by atoms with Crippen molar-refractivity contribution in [2.75, 3.05) is 11.9 Å². The van der Waals surface area contributed by atoms with Crippen LogP contribution in [0.15, 0.2) is 18.2 Å². The summed E-state index contributed by atoms with van der Waals surface area (Å²) < 4.78 is 12.9. The minimum atomic E-state index is -0.988. The molecule has 19 heavy (non-hydrogen) atoms. The minimum Gasteiger partial charge on any atom is -0.388 e. The molecule has 0 saturated heterocycles. The lowest BCUT2D eigenvalue weighted by atomic mass is 9.93. The van der Waals surface area contributed by atoms with Crippen LogP contribution in [0.25, 0.3) is 0 Å². The van der Waals surface area contributed by atoms with E-state index in [1.54, 1.807) is 6.92 Å². The number of carbonyl (C=O) groups excluding carboxylic acids is 1. The van der Waals surface area contributed by atoms with Gasteiger partial charge in [0.05, 0.1) is 10.6 Å². The van der Waals surface area contributed by atoms with E-state index in [0.29, 0.717) is 5.69 Å². The highest BCUT2D eigenvalue weighted by Gasteiger charge is 2.25. The number of urea groups is 1. The molecule has 106 valence electrons. The molecular formula is C13H18ClFN2O2. The predicted molar refractivity (Wildman–Crippen MR) is 73.9 cm³/mol. The minimum absolute atomic E-state index is 0.00747. The first-order chi connectivity index (χ1) is 8.72. The Morgan fingerprint density at radius 3 is 2.68 bits per heavy atom. The Bertz CT molecular complexity index is 464. The molecule has 0 aliphatic heterocycles. The van der Waals surface area contributed by atoms with Crippen LogP contribution < -0.4 is 10.6 Å². The molecule has 2 amide bonds. The third-order valence-corrected chi connectivity index (χ3v) is 3.32. The summed E-state index contributed by atoms with van der Waals surface area (Å²) in [5, 5.41) is 15.0. The van der Waals surface area contributed by atoms with E-state index in [2.05, 4.69) is 10.6 Å². The van der Waals surface area contributed by atoms with Crippen LogP contribution >= 0.6 is 11.6 Å². The van der Waals surface area contributed by atoms with Gasteiger partial charge in [0.15, 0.2) is 0 Å². The van der Waals surface area contributed by atoms with Crippen LogP contribution in [0.4, 0.5) is 14.9 Å². The van der Waals surface area contributed by atoms with Crippen molar-refractivity contribution in [1.29, 1.82) is 0 Å². The molecule has 1 unspecified atom stereocenters. The van der Waals surface area contributed by atoms with Crippen LogP contribution in [-0.4, -0.2) is 23.3 Å². The molecule has 1 aromatic carbocycles. The maximum atomic E-state index is 12.9. The fourth-order valence-electron chi connectivity index (χ4n) is 1.21. The third-order valence-electron chi connectivity index (χ3n) is 3.03. The molecule has 4 nitrogen and oxygen atoms in total. The normalized spacial score (nSPS) is 14.1. The molecule has 0 spiro atoms. The smallest absolute Gasteiger partial charge is 0.319 e. The van der Waals surface area contributed by atoms with Gasteiger partial charge in [-0.2, -0.15) is 0 Å². The second-order valence-electron chi connectivity index (χ2n) is 4.95. The molecule has 6 heteroatoms. The molecule has 0 fully saturated rings. The molecule has 0 radical (unpaired) electrons. The average molecular weight is 289 g/mol. The van der Waals surface area contributed by atoms with Gasteiger partial charge in [0.2, 0.25) is 0 Å². The highest BCUT2D eigenvalue weighted by molar-refractivity contribution is 6.31. The van der Waals surface area contributed by atoms with Crippen molar-refractivity contribution in [3.8, 4) is 0 Å². The maximum Gasteiger partial charge on any atom is 0.319 e. The molecule has 1 atom stereocenters. The Balaban J connectivity index is 2.54. The van der Waals surface area contributed by atoms with Crippen LogP contribution in [0.1, 0.15) is 20.8 Å². The van der Waals surface area contributed by atoms with E-state index in [0.717, 1.165) is 0 Å². The number of nitrogens with one attached hydrogen (secondary N) is 2. The van der Waals surface area contributed by atoms with Crippen molar-refractivity contribution >= 4 is 23.3 Å². The molecule has 0 aliphatic carbocycles. The predicted octanol–water partition coefficient (Wildman–Crippen LogP) is 3.01. The molecule has 0 aliphatic rings. The maximum absolute atomic E-state index is 12.9. The summed E-state index contributed by atoms with van der Waals surface area (Å²) >= 11 is 5.60. The Morgan fingerprint density at radius 1 is 1.53 bits per heavy atom. The van der Waals surface area contributed by atoms with Crippen LogP contribution in [0, 0.1) is 11.7 Å². The lowest BCUT2D eigenvalue weighted by Crippen LogP contribution is -2.45. The summed E-state index contributed by atoms with van der Waals surface area (Å²) in [6.45, 7) is 5.48. The summed E-state index contributed by atoms with van der Waals surface area (Å²) in [7, 11) is 0. The van der Waals surface area contributed by atoms with Crippen LogP contribution in [0.2, 0.25) is 5.02 Å². The van der Waals surface area contributed by atoms with Gasteiger partial charge in [0.1, 0.15) is 5.82 Å². The Morgan fingerprint density at radius 2 is 2.16 bits per heavy atom. The van der Waals surface area contributed by atoms with Crippen molar-refractivity contribution in [2.24, 2.45) is 5.92 Å².